The van der Waals surface area contributed by atoms with Crippen LogP contribution in [-0.4, -0.2) is 22.9 Å². The van der Waals surface area contributed by atoms with Crippen molar-refractivity contribution >= 4 is 23.5 Å². The minimum atomic E-state index is -1.07. The van der Waals surface area contributed by atoms with Gasteiger partial charge in [0.1, 0.15) is 0 Å². The molecule has 2 amide bonds. The van der Waals surface area contributed by atoms with Crippen molar-refractivity contribution in [1.82, 2.24) is 0 Å². The van der Waals surface area contributed by atoms with Crippen molar-refractivity contribution in [3.05, 3.63) is 64.7 Å². The standard InChI is InChI=1S/C18H11NO4/c1-2-3-11-4-9-14-15(10-11)17(21)19(16(14)20)13-7-5-12(6-8-13)18(22)23/h4-10H,1H3,(H,22,23). The van der Waals surface area contributed by atoms with Crippen molar-refractivity contribution < 1.29 is 19.5 Å². The van der Waals surface area contributed by atoms with Crippen molar-refractivity contribution in [2.45, 2.75) is 6.92 Å². The number of carbonyl (C=O) groups excluding carboxylic acids is 2. The van der Waals surface area contributed by atoms with Crippen LogP contribution >= 0.6 is 0 Å². The number of nitrogens with zero attached hydrogens (tertiary/aromatic N) is 1. The predicted molar refractivity (Wildman–Crippen MR) is 83.5 cm³/mol. The third kappa shape index (κ3) is 2.36. The lowest BCUT2D eigenvalue weighted by Crippen LogP contribution is -2.29. The summed E-state index contributed by atoms with van der Waals surface area (Å²) >= 11 is 0. The van der Waals surface area contributed by atoms with Gasteiger partial charge in [0.15, 0.2) is 0 Å². The highest BCUT2D eigenvalue weighted by Crippen LogP contribution is 2.29. The van der Waals surface area contributed by atoms with E-state index in [1.54, 1.807) is 25.1 Å². The highest BCUT2D eigenvalue weighted by atomic mass is 16.4. The fourth-order valence-corrected chi connectivity index (χ4v) is 2.45. The van der Waals surface area contributed by atoms with E-state index < -0.39 is 17.8 Å². The lowest BCUT2D eigenvalue weighted by atomic mass is 10.1. The van der Waals surface area contributed by atoms with E-state index >= 15 is 0 Å². The van der Waals surface area contributed by atoms with Crippen LogP contribution in [0.4, 0.5) is 5.69 Å². The third-order valence-electron chi connectivity index (χ3n) is 3.53. The zero-order valence-corrected chi connectivity index (χ0v) is 12.2. The number of rotatable bonds is 2. The third-order valence-corrected chi connectivity index (χ3v) is 3.53. The maximum Gasteiger partial charge on any atom is 0.335 e. The van der Waals surface area contributed by atoms with Gasteiger partial charge in [0.05, 0.1) is 22.4 Å². The number of carboxylic acids is 1. The molecule has 0 bridgehead atoms. The van der Waals surface area contributed by atoms with Crippen LogP contribution in [0.1, 0.15) is 43.6 Å². The molecule has 0 spiro atoms. The Bertz CT molecular complexity index is 901. The number of benzene rings is 2. The van der Waals surface area contributed by atoms with Gasteiger partial charge in [0, 0.05) is 5.56 Å². The summed E-state index contributed by atoms with van der Waals surface area (Å²) in [5, 5.41) is 8.91. The molecule has 1 N–H and O–H groups in total. The number of carboxylic acid groups (broad SMARTS) is 1. The molecule has 5 heteroatoms. The first-order valence-corrected chi connectivity index (χ1v) is 6.82. The summed E-state index contributed by atoms with van der Waals surface area (Å²) in [6.45, 7) is 1.69. The number of aromatic carboxylic acids is 1. The second-order valence-electron chi connectivity index (χ2n) is 4.93. The molecule has 0 aromatic heterocycles. The van der Waals surface area contributed by atoms with Crippen LogP contribution in [0.2, 0.25) is 0 Å². The molecular weight excluding hydrogens is 294 g/mol. The Hall–Kier alpha value is -3.39. The molecule has 0 atom stereocenters. The number of fused-ring (bicyclic) bond motifs is 1. The Kier molecular flexibility index (Phi) is 3.43. The van der Waals surface area contributed by atoms with Gasteiger partial charge in [-0.15, -0.1) is 5.92 Å². The van der Waals surface area contributed by atoms with Crippen molar-refractivity contribution in [2.24, 2.45) is 0 Å². The van der Waals surface area contributed by atoms with Gasteiger partial charge in [-0.3, -0.25) is 9.59 Å². The van der Waals surface area contributed by atoms with Gasteiger partial charge >= 0.3 is 5.97 Å². The predicted octanol–water partition coefficient (Wildman–Crippen LogP) is 2.56. The van der Waals surface area contributed by atoms with Gasteiger partial charge in [0.25, 0.3) is 11.8 Å². The number of hydrogen-bond acceptors (Lipinski definition) is 3. The molecule has 23 heavy (non-hydrogen) atoms. The summed E-state index contributed by atoms with van der Waals surface area (Å²) < 4.78 is 0. The Morgan fingerprint density at radius 3 is 2.26 bits per heavy atom. The lowest BCUT2D eigenvalue weighted by molar-refractivity contribution is 0.0696. The molecule has 5 nitrogen and oxygen atoms in total. The summed E-state index contributed by atoms with van der Waals surface area (Å²) in [5.41, 5.74) is 1.71. The molecule has 1 heterocycles. The Morgan fingerprint density at radius 2 is 1.65 bits per heavy atom. The summed E-state index contributed by atoms with van der Waals surface area (Å²) in [6.07, 6.45) is 0. The second-order valence-corrected chi connectivity index (χ2v) is 4.93. The molecule has 112 valence electrons. The Balaban J connectivity index is 2.02. The van der Waals surface area contributed by atoms with E-state index in [1.807, 2.05) is 0 Å². The van der Waals surface area contributed by atoms with Crippen LogP contribution in [0.5, 0.6) is 0 Å². The fourth-order valence-electron chi connectivity index (χ4n) is 2.45. The van der Waals surface area contributed by atoms with Crippen molar-refractivity contribution in [3.8, 4) is 11.8 Å². The normalized spacial score (nSPS) is 12.7. The minimum absolute atomic E-state index is 0.0888. The van der Waals surface area contributed by atoms with Crippen LogP contribution in [0.25, 0.3) is 0 Å². The number of carbonyl (C=O) groups is 3. The van der Waals surface area contributed by atoms with E-state index in [0.717, 1.165) is 4.90 Å². The summed E-state index contributed by atoms with van der Waals surface area (Å²) in [7, 11) is 0. The van der Waals surface area contributed by atoms with Gasteiger partial charge < -0.3 is 5.11 Å². The maximum atomic E-state index is 12.5. The highest BCUT2D eigenvalue weighted by Gasteiger charge is 2.36. The van der Waals surface area contributed by atoms with Crippen molar-refractivity contribution in [1.29, 1.82) is 0 Å². The molecule has 0 fully saturated rings. The van der Waals surface area contributed by atoms with E-state index in [0.29, 0.717) is 22.4 Å². The molecule has 0 radical (unpaired) electrons. The zero-order valence-electron chi connectivity index (χ0n) is 12.2. The quantitative estimate of drug-likeness (QED) is 0.683. The van der Waals surface area contributed by atoms with E-state index in [1.165, 1.54) is 24.3 Å². The van der Waals surface area contributed by atoms with Gasteiger partial charge in [-0.05, 0) is 49.4 Å². The Morgan fingerprint density at radius 1 is 1.00 bits per heavy atom. The van der Waals surface area contributed by atoms with E-state index in [4.69, 9.17) is 5.11 Å². The zero-order chi connectivity index (χ0) is 16.6. The first-order chi connectivity index (χ1) is 11.0. The monoisotopic (exact) mass is 305 g/mol. The van der Waals surface area contributed by atoms with Gasteiger partial charge in [-0.25, -0.2) is 9.69 Å². The van der Waals surface area contributed by atoms with Crippen LogP contribution in [0.15, 0.2) is 42.5 Å². The smallest absolute Gasteiger partial charge is 0.335 e. The number of anilines is 1. The van der Waals surface area contributed by atoms with Crippen LogP contribution in [0, 0.1) is 11.8 Å². The molecule has 1 aliphatic rings. The summed E-state index contributed by atoms with van der Waals surface area (Å²) in [5.74, 6) is 3.66. The van der Waals surface area contributed by atoms with Crippen LogP contribution in [-0.2, 0) is 0 Å². The second kappa shape index (κ2) is 5.43. The number of amides is 2. The topological polar surface area (TPSA) is 74.7 Å². The van der Waals surface area contributed by atoms with Gasteiger partial charge in [-0.2, -0.15) is 0 Å². The summed E-state index contributed by atoms with van der Waals surface area (Å²) in [4.78, 5) is 36.9. The summed E-state index contributed by atoms with van der Waals surface area (Å²) in [6, 6.07) is 10.5. The molecule has 2 aromatic carbocycles. The van der Waals surface area contributed by atoms with Crippen molar-refractivity contribution in [3.63, 3.8) is 0 Å². The average molecular weight is 305 g/mol. The first kappa shape index (κ1) is 14.5. The largest absolute Gasteiger partial charge is 0.478 e. The lowest BCUT2D eigenvalue weighted by Gasteiger charge is -2.13. The average Bonchev–Trinajstić information content (AvgIpc) is 2.79. The molecule has 2 aromatic rings. The Labute approximate surface area is 132 Å². The SMILES string of the molecule is CC#Cc1ccc2c(c1)C(=O)N(c1ccc(C(=O)O)cc1)C2=O. The highest BCUT2D eigenvalue weighted by molar-refractivity contribution is 6.34. The molecule has 0 aliphatic carbocycles. The number of hydrogen-bond donors (Lipinski definition) is 1. The van der Waals surface area contributed by atoms with Crippen LogP contribution in [0.3, 0.4) is 0 Å². The minimum Gasteiger partial charge on any atom is -0.478 e. The fraction of sp³-hybridized carbons (Fsp3) is 0.0556. The molecule has 1 aliphatic heterocycles. The van der Waals surface area contributed by atoms with E-state index in [9.17, 15) is 14.4 Å². The molecule has 0 saturated heterocycles. The molecule has 0 unspecified atom stereocenters. The molecule has 0 saturated carbocycles. The van der Waals surface area contributed by atoms with E-state index in [-0.39, 0.29) is 5.56 Å². The maximum absolute atomic E-state index is 12.5. The van der Waals surface area contributed by atoms with E-state index in [2.05, 4.69) is 11.8 Å². The molecular formula is C18H11NO4. The van der Waals surface area contributed by atoms with Gasteiger partial charge in [0.2, 0.25) is 0 Å². The molecule has 3 rings (SSSR count). The van der Waals surface area contributed by atoms with Gasteiger partial charge in [-0.1, -0.05) is 5.92 Å². The first-order valence-electron chi connectivity index (χ1n) is 6.82. The van der Waals surface area contributed by atoms with Crippen LogP contribution < -0.4 is 4.90 Å². The van der Waals surface area contributed by atoms with Crippen molar-refractivity contribution in [2.75, 3.05) is 4.90 Å². The number of imide groups is 1.